The Kier molecular flexibility index (Phi) is 4.37. The first-order valence-corrected chi connectivity index (χ1v) is 7.55. The molecule has 1 aliphatic carbocycles. The average molecular weight is 282 g/mol. The van der Waals surface area contributed by atoms with Crippen molar-refractivity contribution in [3.8, 4) is 0 Å². The highest BCUT2D eigenvalue weighted by Crippen LogP contribution is 2.32. The van der Waals surface area contributed by atoms with Gasteiger partial charge in [0, 0.05) is 37.6 Å². The van der Waals surface area contributed by atoms with Crippen LogP contribution in [0.5, 0.6) is 0 Å². The fraction of sp³-hybridized carbons (Fsp3) is 0.867. The molecule has 20 heavy (non-hydrogen) atoms. The van der Waals surface area contributed by atoms with E-state index in [0.717, 1.165) is 32.6 Å². The predicted octanol–water partition coefficient (Wildman–Crippen LogP) is 1.43. The number of piperazine rings is 1. The molecular formula is C15H26N2O3. The molecule has 0 spiro atoms. The molecular weight excluding hydrogens is 256 g/mol. The molecule has 2 fully saturated rings. The van der Waals surface area contributed by atoms with Crippen LogP contribution in [0, 0.1) is 11.8 Å². The van der Waals surface area contributed by atoms with Crippen molar-refractivity contribution < 1.29 is 14.7 Å². The average Bonchev–Trinajstić information content (AvgIpc) is 2.86. The molecule has 1 saturated heterocycles. The topological polar surface area (TPSA) is 60.9 Å². The second-order valence-corrected chi connectivity index (χ2v) is 7.03. The predicted molar refractivity (Wildman–Crippen MR) is 76.4 cm³/mol. The van der Waals surface area contributed by atoms with Gasteiger partial charge in [0.25, 0.3) is 0 Å². The molecule has 2 rings (SSSR count). The van der Waals surface area contributed by atoms with Crippen LogP contribution in [0.3, 0.4) is 0 Å². The number of carboxylic acids is 1. The zero-order valence-corrected chi connectivity index (χ0v) is 12.8. The minimum absolute atomic E-state index is 0.0720. The van der Waals surface area contributed by atoms with Crippen molar-refractivity contribution in [3.63, 3.8) is 0 Å². The minimum Gasteiger partial charge on any atom is -0.481 e. The van der Waals surface area contributed by atoms with Gasteiger partial charge in [0.2, 0.25) is 5.91 Å². The monoisotopic (exact) mass is 282 g/mol. The standard InChI is InChI=1S/C15H26N2O3/c1-15(2,3)17-8-6-16(7-9-17)13(18)11-4-5-12(10-11)14(19)20/h11-12H,4-10H2,1-3H3,(H,19,20)/t11-,12+/m1/s1. The van der Waals surface area contributed by atoms with Crippen LogP contribution in [0.4, 0.5) is 0 Å². The van der Waals surface area contributed by atoms with Crippen molar-refractivity contribution in [2.45, 2.75) is 45.6 Å². The molecule has 1 saturated carbocycles. The summed E-state index contributed by atoms with van der Waals surface area (Å²) >= 11 is 0. The summed E-state index contributed by atoms with van der Waals surface area (Å²) in [6.45, 7) is 9.93. The molecule has 5 nitrogen and oxygen atoms in total. The van der Waals surface area contributed by atoms with E-state index in [0.29, 0.717) is 12.8 Å². The summed E-state index contributed by atoms with van der Waals surface area (Å²) in [5, 5.41) is 9.02. The summed E-state index contributed by atoms with van der Waals surface area (Å²) in [6, 6.07) is 0. The van der Waals surface area contributed by atoms with Gasteiger partial charge in [-0.15, -0.1) is 0 Å². The van der Waals surface area contributed by atoms with Crippen LogP contribution in [0.25, 0.3) is 0 Å². The molecule has 114 valence electrons. The van der Waals surface area contributed by atoms with Gasteiger partial charge in [0.1, 0.15) is 0 Å². The Hall–Kier alpha value is -1.10. The number of aliphatic carboxylic acids is 1. The summed E-state index contributed by atoms with van der Waals surface area (Å²) in [7, 11) is 0. The first-order valence-electron chi connectivity index (χ1n) is 7.55. The number of nitrogens with zero attached hydrogens (tertiary/aromatic N) is 2. The molecule has 1 heterocycles. The molecule has 1 N–H and O–H groups in total. The van der Waals surface area contributed by atoms with Gasteiger partial charge in [-0.1, -0.05) is 0 Å². The SMILES string of the molecule is CC(C)(C)N1CCN(C(=O)[C@@H]2CC[C@H](C(=O)O)C2)CC1. The van der Waals surface area contributed by atoms with Gasteiger partial charge in [-0.25, -0.2) is 0 Å². The molecule has 0 unspecified atom stereocenters. The largest absolute Gasteiger partial charge is 0.481 e. The number of hydrogen-bond donors (Lipinski definition) is 1. The lowest BCUT2D eigenvalue weighted by Gasteiger charge is -2.42. The van der Waals surface area contributed by atoms with Gasteiger partial charge in [-0.3, -0.25) is 14.5 Å². The zero-order chi connectivity index (χ0) is 14.9. The van der Waals surface area contributed by atoms with Crippen LogP contribution < -0.4 is 0 Å². The van der Waals surface area contributed by atoms with E-state index in [1.54, 1.807) is 0 Å². The lowest BCUT2D eigenvalue weighted by Crippen LogP contribution is -2.55. The number of hydrogen-bond acceptors (Lipinski definition) is 3. The first kappa shape index (κ1) is 15.3. The van der Waals surface area contributed by atoms with Crippen molar-refractivity contribution in [3.05, 3.63) is 0 Å². The van der Waals surface area contributed by atoms with E-state index in [4.69, 9.17) is 5.11 Å². The van der Waals surface area contributed by atoms with E-state index in [9.17, 15) is 9.59 Å². The Morgan fingerprint density at radius 1 is 1.00 bits per heavy atom. The summed E-state index contributed by atoms with van der Waals surface area (Å²) in [5.74, 6) is -0.975. The Morgan fingerprint density at radius 2 is 1.55 bits per heavy atom. The van der Waals surface area contributed by atoms with Crippen LogP contribution in [0.2, 0.25) is 0 Å². The van der Waals surface area contributed by atoms with E-state index in [1.807, 2.05) is 4.90 Å². The summed E-state index contributed by atoms with van der Waals surface area (Å²) in [5.41, 5.74) is 0.150. The van der Waals surface area contributed by atoms with Crippen LogP contribution in [0.1, 0.15) is 40.0 Å². The quantitative estimate of drug-likeness (QED) is 0.832. The Bertz CT molecular complexity index is 381. The number of amides is 1. The van der Waals surface area contributed by atoms with Gasteiger partial charge in [-0.05, 0) is 40.0 Å². The lowest BCUT2D eigenvalue weighted by atomic mass is 10.0. The van der Waals surface area contributed by atoms with E-state index in [2.05, 4.69) is 25.7 Å². The maximum absolute atomic E-state index is 12.4. The smallest absolute Gasteiger partial charge is 0.306 e. The molecule has 1 amide bonds. The summed E-state index contributed by atoms with van der Waals surface area (Å²) in [4.78, 5) is 27.7. The third-order valence-corrected chi connectivity index (χ3v) is 4.67. The van der Waals surface area contributed by atoms with Crippen molar-refractivity contribution in [2.24, 2.45) is 11.8 Å². The third kappa shape index (κ3) is 3.32. The molecule has 2 aliphatic rings. The van der Waals surface area contributed by atoms with Gasteiger partial charge < -0.3 is 10.0 Å². The third-order valence-electron chi connectivity index (χ3n) is 4.67. The molecule has 0 aromatic carbocycles. The Balaban J connectivity index is 1.85. The van der Waals surface area contributed by atoms with Crippen molar-refractivity contribution in [1.29, 1.82) is 0 Å². The van der Waals surface area contributed by atoms with Crippen LogP contribution in [-0.4, -0.2) is 58.5 Å². The second kappa shape index (κ2) is 5.72. The maximum Gasteiger partial charge on any atom is 0.306 e. The van der Waals surface area contributed by atoms with Gasteiger partial charge in [0.05, 0.1) is 5.92 Å². The van der Waals surface area contributed by atoms with Crippen molar-refractivity contribution >= 4 is 11.9 Å². The first-order chi connectivity index (χ1) is 9.29. The number of carbonyl (C=O) groups excluding carboxylic acids is 1. The molecule has 1 aliphatic heterocycles. The van der Waals surface area contributed by atoms with E-state index in [-0.39, 0.29) is 23.3 Å². The molecule has 0 aromatic heterocycles. The normalized spacial score (nSPS) is 28.6. The number of rotatable bonds is 2. The highest BCUT2D eigenvalue weighted by atomic mass is 16.4. The number of carbonyl (C=O) groups is 2. The van der Waals surface area contributed by atoms with Gasteiger partial charge in [-0.2, -0.15) is 0 Å². The Morgan fingerprint density at radius 3 is 2.00 bits per heavy atom. The van der Waals surface area contributed by atoms with Crippen LogP contribution in [0.15, 0.2) is 0 Å². The van der Waals surface area contributed by atoms with Crippen molar-refractivity contribution in [2.75, 3.05) is 26.2 Å². The van der Waals surface area contributed by atoms with E-state index < -0.39 is 5.97 Å². The van der Waals surface area contributed by atoms with Crippen LogP contribution in [-0.2, 0) is 9.59 Å². The maximum atomic E-state index is 12.4. The highest BCUT2D eigenvalue weighted by Gasteiger charge is 2.37. The molecule has 0 bridgehead atoms. The highest BCUT2D eigenvalue weighted by molar-refractivity contribution is 5.81. The van der Waals surface area contributed by atoms with Gasteiger partial charge in [0.15, 0.2) is 0 Å². The molecule has 0 aromatic rings. The molecule has 5 heteroatoms. The zero-order valence-electron chi connectivity index (χ0n) is 12.8. The Labute approximate surface area is 120 Å². The van der Waals surface area contributed by atoms with Crippen LogP contribution >= 0.6 is 0 Å². The fourth-order valence-corrected chi connectivity index (χ4v) is 3.29. The number of carboxylic acid groups (broad SMARTS) is 1. The van der Waals surface area contributed by atoms with Gasteiger partial charge >= 0.3 is 5.97 Å². The second-order valence-electron chi connectivity index (χ2n) is 7.03. The minimum atomic E-state index is -0.752. The van der Waals surface area contributed by atoms with Crippen molar-refractivity contribution in [1.82, 2.24) is 9.80 Å². The summed E-state index contributed by atoms with van der Waals surface area (Å²) < 4.78 is 0. The molecule has 2 atom stereocenters. The lowest BCUT2D eigenvalue weighted by molar-refractivity contribution is -0.142. The van der Waals surface area contributed by atoms with E-state index >= 15 is 0 Å². The summed E-state index contributed by atoms with van der Waals surface area (Å²) in [6.07, 6.45) is 1.90. The van der Waals surface area contributed by atoms with E-state index in [1.165, 1.54) is 0 Å². The fourth-order valence-electron chi connectivity index (χ4n) is 3.29. The molecule has 0 radical (unpaired) electrons.